The molecule has 0 aromatic heterocycles. The zero-order valence-corrected chi connectivity index (χ0v) is 5.26. The highest BCUT2D eigenvalue weighted by atomic mass is 16.3. The number of rotatable bonds is 1. The third kappa shape index (κ3) is 3.98. The molecule has 0 rings (SSSR count). The van der Waals surface area contributed by atoms with Gasteiger partial charge in [-0.1, -0.05) is 11.8 Å². The molecule has 1 atom stereocenters. The van der Waals surface area contributed by atoms with E-state index in [4.69, 9.17) is 15.3 Å². The SMILES string of the molecule is CC(O)(C#CCO)CO. The molecule has 0 aromatic carbocycles. The summed E-state index contributed by atoms with van der Waals surface area (Å²) in [5, 5.41) is 25.5. The van der Waals surface area contributed by atoms with Crippen molar-refractivity contribution in [3.63, 3.8) is 0 Å². The van der Waals surface area contributed by atoms with Crippen LogP contribution in [0.1, 0.15) is 6.92 Å². The summed E-state index contributed by atoms with van der Waals surface area (Å²) in [6, 6.07) is 0. The molecule has 0 radical (unpaired) electrons. The predicted octanol–water partition coefficient (Wildman–Crippen LogP) is -1.27. The Kier molecular flexibility index (Phi) is 3.25. The first-order chi connectivity index (χ1) is 4.12. The van der Waals surface area contributed by atoms with Gasteiger partial charge in [-0.3, -0.25) is 0 Å². The van der Waals surface area contributed by atoms with Crippen LogP contribution in [-0.2, 0) is 0 Å². The molecule has 0 bridgehead atoms. The largest absolute Gasteiger partial charge is 0.392 e. The smallest absolute Gasteiger partial charge is 0.145 e. The lowest BCUT2D eigenvalue weighted by Crippen LogP contribution is -2.26. The van der Waals surface area contributed by atoms with Crippen molar-refractivity contribution in [3.8, 4) is 11.8 Å². The summed E-state index contributed by atoms with van der Waals surface area (Å²) >= 11 is 0. The molecule has 0 aromatic rings. The standard InChI is InChI=1S/C6H10O3/c1-6(9,5-8)3-2-4-7/h7-9H,4-5H2,1H3. The second kappa shape index (κ2) is 3.46. The Morgan fingerprint density at radius 3 is 2.33 bits per heavy atom. The molecule has 0 amide bonds. The van der Waals surface area contributed by atoms with Crippen molar-refractivity contribution in [2.45, 2.75) is 12.5 Å². The van der Waals surface area contributed by atoms with Gasteiger partial charge in [0.1, 0.15) is 12.2 Å². The van der Waals surface area contributed by atoms with Gasteiger partial charge in [0.05, 0.1) is 6.61 Å². The van der Waals surface area contributed by atoms with Crippen molar-refractivity contribution >= 4 is 0 Å². The minimum atomic E-state index is -1.37. The van der Waals surface area contributed by atoms with E-state index < -0.39 is 12.2 Å². The second-order valence-corrected chi connectivity index (χ2v) is 1.89. The van der Waals surface area contributed by atoms with Crippen LogP contribution in [0.15, 0.2) is 0 Å². The fraction of sp³-hybridized carbons (Fsp3) is 0.667. The van der Waals surface area contributed by atoms with E-state index in [9.17, 15) is 0 Å². The molecule has 0 saturated heterocycles. The maximum atomic E-state index is 8.92. The minimum absolute atomic E-state index is 0.295. The van der Waals surface area contributed by atoms with Crippen LogP contribution in [0, 0.1) is 11.8 Å². The molecule has 3 heteroatoms. The van der Waals surface area contributed by atoms with Crippen molar-refractivity contribution in [1.29, 1.82) is 0 Å². The average molecular weight is 130 g/mol. The fourth-order valence-corrected chi connectivity index (χ4v) is 0.269. The highest BCUT2D eigenvalue weighted by Crippen LogP contribution is 1.96. The maximum Gasteiger partial charge on any atom is 0.145 e. The van der Waals surface area contributed by atoms with Gasteiger partial charge in [-0.2, -0.15) is 0 Å². The molecule has 0 heterocycles. The average Bonchev–Trinajstić information content (AvgIpc) is 1.84. The third-order valence-electron chi connectivity index (χ3n) is 0.745. The molecule has 3 N–H and O–H groups in total. The third-order valence-corrected chi connectivity index (χ3v) is 0.745. The molecule has 3 nitrogen and oxygen atoms in total. The van der Waals surface area contributed by atoms with Gasteiger partial charge in [0.25, 0.3) is 0 Å². The van der Waals surface area contributed by atoms with Gasteiger partial charge < -0.3 is 15.3 Å². The van der Waals surface area contributed by atoms with Gasteiger partial charge in [-0.05, 0) is 6.92 Å². The van der Waals surface area contributed by atoms with Gasteiger partial charge in [0.2, 0.25) is 0 Å². The van der Waals surface area contributed by atoms with Crippen LogP contribution in [0.5, 0.6) is 0 Å². The number of aliphatic hydroxyl groups excluding tert-OH is 2. The monoisotopic (exact) mass is 130 g/mol. The molecule has 9 heavy (non-hydrogen) atoms. The highest BCUT2D eigenvalue weighted by Gasteiger charge is 2.13. The maximum absolute atomic E-state index is 8.92. The van der Waals surface area contributed by atoms with E-state index in [0.717, 1.165) is 0 Å². The van der Waals surface area contributed by atoms with E-state index in [1.165, 1.54) is 6.92 Å². The van der Waals surface area contributed by atoms with Gasteiger partial charge in [0.15, 0.2) is 0 Å². The van der Waals surface area contributed by atoms with E-state index in [0.29, 0.717) is 0 Å². The Bertz CT molecular complexity index is 129. The van der Waals surface area contributed by atoms with Crippen LogP contribution in [-0.4, -0.2) is 34.1 Å². The van der Waals surface area contributed by atoms with Gasteiger partial charge in [0, 0.05) is 0 Å². The number of hydrogen-bond acceptors (Lipinski definition) is 3. The first kappa shape index (κ1) is 8.44. The van der Waals surface area contributed by atoms with Crippen LogP contribution in [0.2, 0.25) is 0 Å². The van der Waals surface area contributed by atoms with E-state index in [1.54, 1.807) is 0 Å². The summed E-state index contributed by atoms with van der Waals surface area (Å²) in [6.45, 7) is 0.659. The Morgan fingerprint density at radius 2 is 2.00 bits per heavy atom. The van der Waals surface area contributed by atoms with Gasteiger partial charge in [-0.15, -0.1) is 0 Å². The quantitative estimate of drug-likeness (QED) is 0.388. The van der Waals surface area contributed by atoms with Gasteiger partial charge >= 0.3 is 0 Å². The Labute approximate surface area is 53.9 Å². The van der Waals surface area contributed by atoms with Crippen LogP contribution in [0.4, 0.5) is 0 Å². The molecular weight excluding hydrogens is 120 g/mol. The Hall–Kier alpha value is -0.560. The van der Waals surface area contributed by atoms with Crippen molar-refractivity contribution in [1.82, 2.24) is 0 Å². The normalized spacial score (nSPS) is 15.6. The van der Waals surface area contributed by atoms with E-state index in [2.05, 4.69) is 11.8 Å². The summed E-state index contributed by atoms with van der Waals surface area (Å²) in [5.41, 5.74) is -1.37. The summed E-state index contributed by atoms with van der Waals surface area (Å²) in [7, 11) is 0. The molecule has 52 valence electrons. The van der Waals surface area contributed by atoms with Crippen molar-refractivity contribution in [2.75, 3.05) is 13.2 Å². The first-order valence-electron chi connectivity index (χ1n) is 2.56. The van der Waals surface area contributed by atoms with E-state index in [1.807, 2.05) is 0 Å². The highest BCUT2D eigenvalue weighted by molar-refractivity contribution is 5.11. The molecule has 0 aliphatic rings. The topological polar surface area (TPSA) is 60.7 Å². The van der Waals surface area contributed by atoms with Gasteiger partial charge in [-0.25, -0.2) is 0 Å². The van der Waals surface area contributed by atoms with Crippen LogP contribution < -0.4 is 0 Å². The molecule has 0 spiro atoms. The van der Waals surface area contributed by atoms with Crippen LogP contribution in [0.3, 0.4) is 0 Å². The first-order valence-corrected chi connectivity index (χ1v) is 2.56. The molecular formula is C6H10O3. The Morgan fingerprint density at radius 1 is 1.44 bits per heavy atom. The minimum Gasteiger partial charge on any atom is -0.392 e. The summed E-state index contributed by atoms with van der Waals surface area (Å²) in [5.74, 6) is 4.50. The summed E-state index contributed by atoms with van der Waals surface area (Å²) < 4.78 is 0. The van der Waals surface area contributed by atoms with Crippen molar-refractivity contribution < 1.29 is 15.3 Å². The van der Waals surface area contributed by atoms with E-state index in [-0.39, 0.29) is 6.61 Å². The second-order valence-electron chi connectivity index (χ2n) is 1.89. The Balaban J connectivity index is 3.84. The number of hydrogen-bond donors (Lipinski definition) is 3. The molecule has 0 saturated carbocycles. The lowest BCUT2D eigenvalue weighted by molar-refractivity contribution is 0.0517. The lowest BCUT2D eigenvalue weighted by atomic mass is 10.1. The van der Waals surface area contributed by atoms with Crippen LogP contribution >= 0.6 is 0 Å². The molecule has 0 fully saturated rings. The van der Waals surface area contributed by atoms with Crippen LogP contribution in [0.25, 0.3) is 0 Å². The number of aliphatic hydroxyl groups is 3. The predicted molar refractivity (Wildman–Crippen MR) is 32.6 cm³/mol. The summed E-state index contributed by atoms with van der Waals surface area (Å²) in [6.07, 6.45) is 0. The summed E-state index contributed by atoms with van der Waals surface area (Å²) in [4.78, 5) is 0. The molecule has 1 unspecified atom stereocenters. The van der Waals surface area contributed by atoms with Crippen molar-refractivity contribution in [3.05, 3.63) is 0 Å². The lowest BCUT2D eigenvalue weighted by Gasteiger charge is -2.10. The zero-order valence-electron chi connectivity index (χ0n) is 5.26. The zero-order chi connectivity index (χ0) is 7.33. The van der Waals surface area contributed by atoms with Crippen molar-refractivity contribution in [2.24, 2.45) is 0 Å². The fourth-order valence-electron chi connectivity index (χ4n) is 0.269. The molecule has 0 aliphatic carbocycles. The molecule has 0 aliphatic heterocycles. The van der Waals surface area contributed by atoms with E-state index >= 15 is 0 Å².